The molecule has 1 fully saturated rings. The monoisotopic (exact) mass is 442 g/mol. The molecule has 0 aliphatic heterocycles. The van der Waals surface area contributed by atoms with Crippen molar-refractivity contribution in [2.75, 3.05) is 5.32 Å². The summed E-state index contributed by atoms with van der Waals surface area (Å²) in [4.78, 5) is 19.1. The second-order valence-electron chi connectivity index (χ2n) is 8.34. The molecule has 2 aromatic carbocycles. The number of nitrogens with zero attached hydrogens (tertiary/aromatic N) is 4. The SMILES string of the molecule is N#Cc1ccc(Nc2nnc(-c3nc4ccc(C5CCCCC5CC(=O)O)cc4[nH]3)o2)cc1. The third-order valence-corrected chi connectivity index (χ3v) is 6.17. The number of aromatic nitrogens is 4. The Kier molecular flexibility index (Phi) is 5.48. The summed E-state index contributed by atoms with van der Waals surface area (Å²) in [6.45, 7) is 0. The molecule has 1 aliphatic carbocycles. The first kappa shape index (κ1) is 20.7. The normalized spacial score (nSPS) is 18.2. The summed E-state index contributed by atoms with van der Waals surface area (Å²) < 4.78 is 5.71. The fourth-order valence-corrected chi connectivity index (χ4v) is 4.60. The smallest absolute Gasteiger partial charge is 0.320 e. The van der Waals surface area contributed by atoms with Crippen LogP contribution < -0.4 is 5.32 Å². The van der Waals surface area contributed by atoms with Crippen LogP contribution in [0.25, 0.3) is 22.7 Å². The minimum absolute atomic E-state index is 0.155. The number of aliphatic carboxylic acids is 1. The molecule has 0 bridgehead atoms. The predicted molar refractivity (Wildman–Crippen MR) is 121 cm³/mol. The molecule has 0 spiro atoms. The molecule has 1 saturated carbocycles. The molecule has 4 aromatic rings. The topological polar surface area (TPSA) is 141 Å². The lowest BCUT2D eigenvalue weighted by molar-refractivity contribution is -0.138. The number of carbonyl (C=O) groups is 1. The van der Waals surface area contributed by atoms with E-state index in [0.717, 1.165) is 48.0 Å². The zero-order valence-electron chi connectivity index (χ0n) is 17.8. The van der Waals surface area contributed by atoms with Gasteiger partial charge in [-0.3, -0.25) is 4.79 Å². The van der Waals surface area contributed by atoms with Crippen LogP contribution in [0.4, 0.5) is 11.7 Å². The van der Waals surface area contributed by atoms with Crippen molar-refractivity contribution in [3.05, 3.63) is 53.6 Å². The number of aromatic amines is 1. The molecule has 1 aliphatic rings. The van der Waals surface area contributed by atoms with E-state index in [-0.39, 0.29) is 30.2 Å². The van der Waals surface area contributed by atoms with Crippen molar-refractivity contribution in [1.82, 2.24) is 20.2 Å². The van der Waals surface area contributed by atoms with E-state index in [9.17, 15) is 9.90 Å². The van der Waals surface area contributed by atoms with E-state index in [2.05, 4.69) is 37.6 Å². The molecule has 2 heterocycles. The quantitative estimate of drug-likeness (QED) is 0.380. The summed E-state index contributed by atoms with van der Waals surface area (Å²) in [7, 11) is 0. The maximum absolute atomic E-state index is 11.3. The van der Waals surface area contributed by atoms with E-state index in [1.54, 1.807) is 24.3 Å². The number of hydrogen-bond donors (Lipinski definition) is 3. The molecule has 9 heteroatoms. The maximum Gasteiger partial charge on any atom is 0.320 e. The van der Waals surface area contributed by atoms with Gasteiger partial charge in [0.15, 0.2) is 5.82 Å². The van der Waals surface area contributed by atoms with Gasteiger partial charge < -0.3 is 19.8 Å². The highest BCUT2D eigenvalue weighted by molar-refractivity contribution is 5.79. The molecule has 0 saturated heterocycles. The van der Waals surface area contributed by atoms with Gasteiger partial charge in [0, 0.05) is 12.1 Å². The average molecular weight is 442 g/mol. The number of imidazole rings is 1. The van der Waals surface area contributed by atoms with Crippen LogP contribution in [0.5, 0.6) is 0 Å². The molecular formula is C24H22N6O3. The van der Waals surface area contributed by atoms with Crippen LogP contribution in [-0.4, -0.2) is 31.2 Å². The lowest BCUT2D eigenvalue weighted by atomic mass is 9.74. The molecule has 2 atom stereocenters. The Labute approximate surface area is 189 Å². The van der Waals surface area contributed by atoms with Crippen molar-refractivity contribution in [2.45, 2.75) is 38.0 Å². The van der Waals surface area contributed by atoms with Crippen molar-refractivity contribution in [3.8, 4) is 17.8 Å². The van der Waals surface area contributed by atoms with Gasteiger partial charge in [-0.25, -0.2) is 4.98 Å². The van der Waals surface area contributed by atoms with E-state index in [4.69, 9.17) is 9.68 Å². The number of H-pyrrole nitrogens is 1. The lowest BCUT2D eigenvalue weighted by Crippen LogP contribution is -2.20. The largest absolute Gasteiger partial charge is 0.481 e. The number of carboxylic acid groups (broad SMARTS) is 1. The van der Waals surface area contributed by atoms with Gasteiger partial charge in [-0.1, -0.05) is 24.0 Å². The lowest BCUT2D eigenvalue weighted by Gasteiger charge is -2.31. The Morgan fingerprint density at radius 2 is 2.00 bits per heavy atom. The van der Waals surface area contributed by atoms with E-state index in [1.807, 2.05) is 12.1 Å². The van der Waals surface area contributed by atoms with Crippen molar-refractivity contribution < 1.29 is 14.3 Å². The zero-order valence-corrected chi connectivity index (χ0v) is 17.8. The fourth-order valence-electron chi connectivity index (χ4n) is 4.60. The average Bonchev–Trinajstić information content (AvgIpc) is 3.46. The number of fused-ring (bicyclic) bond motifs is 1. The number of nitrogens with one attached hydrogen (secondary N) is 2. The minimum atomic E-state index is -0.737. The second-order valence-corrected chi connectivity index (χ2v) is 8.34. The van der Waals surface area contributed by atoms with Crippen LogP contribution in [-0.2, 0) is 4.79 Å². The first-order chi connectivity index (χ1) is 16.1. The van der Waals surface area contributed by atoms with Crippen LogP contribution in [0.2, 0.25) is 0 Å². The van der Waals surface area contributed by atoms with E-state index >= 15 is 0 Å². The van der Waals surface area contributed by atoms with E-state index < -0.39 is 5.97 Å². The van der Waals surface area contributed by atoms with Crippen molar-refractivity contribution >= 4 is 28.7 Å². The van der Waals surface area contributed by atoms with Gasteiger partial charge in [-0.2, -0.15) is 5.26 Å². The molecule has 166 valence electrons. The van der Waals surface area contributed by atoms with Gasteiger partial charge in [-0.05, 0) is 66.6 Å². The summed E-state index contributed by atoms with van der Waals surface area (Å²) in [5, 5.41) is 29.3. The summed E-state index contributed by atoms with van der Waals surface area (Å²) in [5.74, 6) is 0.373. The fraction of sp³-hybridized carbons (Fsp3) is 0.292. The summed E-state index contributed by atoms with van der Waals surface area (Å²) in [6.07, 6.45) is 4.34. The first-order valence-corrected chi connectivity index (χ1v) is 10.9. The Morgan fingerprint density at radius 3 is 2.79 bits per heavy atom. The van der Waals surface area contributed by atoms with Crippen molar-refractivity contribution in [3.63, 3.8) is 0 Å². The Morgan fingerprint density at radius 1 is 1.18 bits per heavy atom. The Hall–Kier alpha value is -4.19. The highest BCUT2D eigenvalue weighted by atomic mass is 16.4. The Bertz CT molecular complexity index is 1330. The molecule has 0 radical (unpaired) electrons. The number of rotatable bonds is 6. The highest BCUT2D eigenvalue weighted by Crippen LogP contribution is 2.40. The Balaban J connectivity index is 1.36. The molecule has 2 unspecified atom stereocenters. The first-order valence-electron chi connectivity index (χ1n) is 10.9. The summed E-state index contributed by atoms with van der Waals surface area (Å²) >= 11 is 0. The number of benzene rings is 2. The molecule has 3 N–H and O–H groups in total. The van der Waals surface area contributed by atoms with Crippen molar-refractivity contribution in [1.29, 1.82) is 5.26 Å². The second kappa shape index (κ2) is 8.74. The number of carboxylic acids is 1. The molecule has 0 amide bonds. The molecule has 9 nitrogen and oxygen atoms in total. The number of anilines is 2. The van der Waals surface area contributed by atoms with Gasteiger partial charge in [-0.15, -0.1) is 5.10 Å². The van der Waals surface area contributed by atoms with Gasteiger partial charge in [0.2, 0.25) is 0 Å². The van der Waals surface area contributed by atoms with Crippen LogP contribution in [0.15, 0.2) is 46.9 Å². The van der Waals surface area contributed by atoms with Gasteiger partial charge in [0.25, 0.3) is 5.89 Å². The van der Waals surface area contributed by atoms with Crippen LogP contribution in [0, 0.1) is 17.2 Å². The van der Waals surface area contributed by atoms with E-state index in [0.29, 0.717) is 11.4 Å². The van der Waals surface area contributed by atoms with Crippen molar-refractivity contribution in [2.24, 2.45) is 5.92 Å². The molecule has 2 aromatic heterocycles. The molecule has 33 heavy (non-hydrogen) atoms. The highest BCUT2D eigenvalue weighted by Gasteiger charge is 2.28. The maximum atomic E-state index is 11.3. The molecular weight excluding hydrogens is 420 g/mol. The van der Waals surface area contributed by atoms with Crippen LogP contribution in [0.1, 0.15) is 49.1 Å². The standard InChI is InChI=1S/C24H22N6O3/c25-13-14-5-8-17(9-6-14)26-24-30-29-23(33-24)22-27-19-10-7-16(11-20(19)28-22)18-4-2-1-3-15(18)12-21(31)32/h5-11,15,18H,1-4,12H2,(H,26,30)(H,27,28)(H,31,32). The summed E-state index contributed by atoms with van der Waals surface area (Å²) in [5.41, 5.74) is 4.05. The van der Waals surface area contributed by atoms with Gasteiger partial charge in [0.05, 0.1) is 22.7 Å². The van der Waals surface area contributed by atoms with Gasteiger partial charge >= 0.3 is 12.0 Å². The van der Waals surface area contributed by atoms with Gasteiger partial charge in [0.1, 0.15) is 0 Å². The minimum Gasteiger partial charge on any atom is -0.481 e. The third-order valence-electron chi connectivity index (χ3n) is 6.17. The zero-order chi connectivity index (χ0) is 22.8. The van der Waals surface area contributed by atoms with E-state index in [1.165, 1.54) is 0 Å². The summed E-state index contributed by atoms with van der Waals surface area (Å²) in [6, 6.07) is 15.3. The number of nitriles is 1. The predicted octanol–water partition coefficient (Wildman–Crippen LogP) is 4.98. The molecule has 5 rings (SSSR count). The number of hydrogen-bond acceptors (Lipinski definition) is 7. The van der Waals surface area contributed by atoms with Crippen LogP contribution >= 0.6 is 0 Å². The van der Waals surface area contributed by atoms with Crippen LogP contribution in [0.3, 0.4) is 0 Å². The third kappa shape index (κ3) is 4.41.